The van der Waals surface area contributed by atoms with Gasteiger partial charge in [-0.1, -0.05) is 41.7 Å². The number of hydrogen-bond donors (Lipinski definition) is 1. The molecule has 3 rings (SSSR count). The Morgan fingerprint density at radius 2 is 1.76 bits per heavy atom. The van der Waals surface area contributed by atoms with E-state index in [9.17, 15) is 8.78 Å². The third-order valence-corrected chi connectivity index (χ3v) is 4.06. The Morgan fingerprint density at radius 1 is 1.00 bits per heavy atom. The third-order valence-electron chi connectivity index (χ3n) is 3.02. The van der Waals surface area contributed by atoms with E-state index in [1.165, 1.54) is 0 Å². The predicted octanol–water partition coefficient (Wildman–Crippen LogP) is 3.53. The Morgan fingerprint density at radius 3 is 2.52 bits per heavy atom. The van der Waals surface area contributed by atoms with Crippen molar-refractivity contribution >= 4 is 11.3 Å². The summed E-state index contributed by atoms with van der Waals surface area (Å²) in [6.45, 7) is 0. The minimum Gasteiger partial charge on any atom is -0.318 e. The first kappa shape index (κ1) is 13.8. The van der Waals surface area contributed by atoms with Crippen LogP contribution in [0.5, 0.6) is 0 Å². The van der Waals surface area contributed by atoms with Gasteiger partial charge in [-0.15, -0.1) is 10.2 Å². The first-order valence-electron chi connectivity index (χ1n) is 6.24. The molecule has 1 heterocycles. The number of benzene rings is 2. The van der Waals surface area contributed by atoms with Crippen molar-refractivity contribution in [1.82, 2.24) is 10.2 Å². The Balaban J connectivity index is 1.95. The molecule has 1 atom stereocenters. The van der Waals surface area contributed by atoms with Crippen molar-refractivity contribution in [2.24, 2.45) is 5.73 Å². The molecule has 3 nitrogen and oxygen atoms in total. The smallest absolute Gasteiger partial charge is 0.150 e. The molecular formula is C15H11F2N3S. The van der Waals surface area contributed by atoms with Crippen molar-refractivity contribution in [1.29, 1.82) is 0 Å². The topological polar surface area (TPSA) is 51.8 Å². The van der Waals surface area contributed by atoms with Gasteiger partial charge in [0, 0.05) is 0 Å². The molecule has 2 N–H and O–H groups in total. The van der Waals surface area contributed by atoms with Gasteiger partial charge in [-0.2, -0.15) is 0 Å². The fourth-order valence-corrected chi connectivity index (χ4v) is 2.82. The molecule has 0 radical (unpaired) electrons. The minimum atomic E-state index is -0.535. The number of rotatable bonds is 3. The molecular weight excluding hydrogens is 292 g/mol. The number of nitrogens with zero attached hydrogens (tertiary/aromatic N) is 2. The van der Waals surface area contributed by atoms with Crippen LogP contribution in [-0.2, 0) is 0 Å². The van der Waals surface area contributed by atoms with Crippen LogP contribution in [0.25, 0.3) is 10.6 Å². The van der Waals surface area contributed by atoms with Crippen LogP contribution >= 0.6 is 11.3 Å². The third kappa shape index (κ3) is 2.81. The van der Waals surface area contributed by atoms with Gasteiger partial charge < -0.3 is 5.73 Å². The molecule has 0 aliphatic rings. The molecule has 3 aromatic rings. The molecule has 2 aromatic carbocycles. The van der Waals surface area contributed by atoms with E-state index in [2.05, 4.69) is 10.2 Å². The molecule has 6 heteroatoms. The van der Waals surface area contributed by atoms with E-state index in [4.69, 9.17) is 5.73 Å². The van der Waals surface area contributed by atoms with Gasteiger partial charge in [0.1, 0.15) is 16.6 Å². The second-order valence-electron chi connectivity index (χ2n) is 4.46. The van der Waals surface area contributed by atoms with Gasteiger partial charge in [-0.25, -0.2) is 8.78 Å². The highest BCUT2D eigenvalue weighted by Gasteiger charge is 2.17. The molecule has 1 aromatic heterocycles. The minimum absolute atomic E-state index is 0.0963. The van der Waals surface area contributed by atoms with E-state index in [1.54, 1.807) is 0 Å². The van der Waals surface area contributed by atoms with Crippen LogP contribution in [0.2, 0.25) is 0 Å². The molecule has 1 unspecified atom stereocenters. The molecule has 0 amide bonds. The van der Waals surface area contributed by atoms with Crippen LogP contribution < -0.4 is 5.73 Å². The fraction of sp³-hybridized carbons (Fsp3) is 0.0667. The SMILES string of the molecule is NC(c1ccccc1)c1nnc(-c2cc(F)ccc2F)s1. The molecule has 0 aliphatic heterocycles. The van der Waals surface area contributed by atoms with E-state index >= 15 is 0 Å². The fourth-order valence-electron chi connectivity index (χ4n) is 1.93. The molecule has 0 saturated heterocycles. The summed E-state index contributed by atoms with van der Waals surface area (Å²) >= 11 is 1.16. The molecule has 21 heavy (non-hydrogen) atoms. The first-order chi connectivity index (χ1) is 10.1. The summed E-state index contributed by atoms with van der Waals surface area (Å²) < 4.78 is 27.0. The summed E-state index contributed by atoms with van der Waals surface area (Å²) in [5.74, 6) is -1.05. The quantitative estimate of drug-likeness (QED) is 0.805. The van der Waals surface area contributed by atoms with E-state index in [0.717, 1.165) is 35.1 Å². The zero-order valence-corrected chi connectivity index (χ0v) is 11.6. The van der Waals surface area contributed by atoms with Gasteiger partial charge in [0.15, 0.2) is 5.01 Å². The average Bonchev–Trinajstić information content (AvgIpc) is 2.99. The molecule has 0 bridgehead atoms. The molecule has 0 saturated carbocycles. The zero-order valence-electron chi connectivity index (χ0n) is 10.8. The van der Waals surface area contributed by atoms with Crippen LogP contribution in [0, 0.1) is 11.6 Å². The average molecular weight is 303 g/mol. The Labute approximate surface area is 124 Å². The van der Waals surface area contributed by atoms with Crippen molar-refractivity contribution in [2.75, 3.05) is 0 Å². The number of aromatic nitrogens is 2. The maximum atomic E-state index is 13.7. The maximum Gasteiger partial charge on any atom is 0.150 e. The first-order valence-corrected chi connectivity index (χ1v) is 7.06. The lowest BCUT2D eigenvalue weighted by Gasteiger charge is -2.06. The zero-order chi connectivity index (χ0) is 14.8. The summed E-state index contributed by atoms with van der Waals surface area (Å²) in [4.78, 5) is 0. The van der Waals surface area contributed by atoms with E-state index in [1.807, 2.05) is 30.3 Å². The number of halogens is 2. The molecule has 106 valence electrons. The highest BCUT2D eigenvalue weighted by molar-refractivity contribution is 7.14. The van der Waals surface area contributed by atoms with Gasteiger partial charge >= 0.3 is 0 Å². The van der Waals surface area contributed by atoms with Gasteiger partial charge in [-0.05, 0) is 23.8 Å². The monoisotopic (exact) mass is 303 g/mol. The van der Waals surface area contributed by atoms with Crippen LogP contribution in [0.15, 0.2) is 48.5 Å². The molecule has 0 spiro atoms. The van der Waals surface area contributed by atoms with Crippen molar-refractivity contribution in [2.45, 2.75) is 6.04 Å². The molecule has 0 aliphatic carbocycles. The van der Waals surface area contributed by atoms with Crippen molar-refractivity contribution < 1.29 is 8.78 Å². The lowest BCUT2D eigenvalue weighted by atomic mass is 10.1. The normalized spacial score (nSPS) is 12.3. The second-order valence-corrected chi connectivity index (χ2v) is 5.47. The summed E-state index contributed by atoms with van der Waals surface area (Å²) in [6.07, 6.45) is 0. The lowest BCUT2D eigenvalue weighted by molar-refractivity contribution is 0.603. The van der Waals surface area contributed by atoms with Crippen LogP contribution in [0.1, 0.15) is 16.6 Å². The Hall–Kier alpha value is -2.18. The van der Waals surface area contributed by atoms with Gasteiger partial charge in [0.2, 0.25) is 0 Å². The molecule has 0 fully saturated rings. The summed E-state index contributed by atoms with van der Waals surface area (Å²) in [5.41, 5.74) is 7.10. The second kappa shape index (κ2) is 5.67. The lowest BCUT2D eigenvalue weighted by Crippen LogP contribution is -2.11. The van der Waals surface area contributed by atoms with Crippen molar-refractivity contribution in [3.8, 4) is 10.6 Å². The highest BCUT2D eigenvalue weighted by atomic mass is 32.1. The van der Waals surface area contributed by atoms with E-state index in [-0.39, 0.29) is 5.56 Å². The van der Waals surface area contributed by atoms with Gasteiger partial charge in [0.25, 0.3) is 0 Å². The summed E-state index contributed by atoms with van der Waals surface area (Å²) in [7, 11) is 0. The van der Waals surface area contributed by atoms with Crippen molar-refractivity contribution in [3.05, 3.63) is 70.7 Å². The van der Waals surface area contributed by atoms with Crippen LogP contribution in [-0.4, -0.2) is 10.2 Å². The maximum absolute atomic E-state index is 13.7. The Bertz CT molecular complexity index is 759. The predicted molar refractivity (Wildman–Crippen MR) is 77.7 cm³/mol. The summed E-state index contributed by atoms with van der Waals surface area (Å²) in [5, 5.41) is 8.78. The van der Waals surface area contributed by atoms with E-state index in [0.29, 0.717) is 10.0 Å². The number of hydrogen-bond acceptors (Lipinski definition) is 4. The number of nitrogens with two attached hydrogens (primary N) is 1. The Kier molecular flexibility index (Phi) is 3.72. The van der Waals surface area contributed by atoms with Gasteiger partial charge in [0.05, 0.1) is 11.6 Å². The standard InChI is InChI=1S/C15H11F2N3S/c16-10-6-7-12(17)11(8-10)14-19-20-15(21-14)13(18)9-4-2-1-3-5-9/h1-8,13H,18H2. The van der Waals surface area contributed by atoms with E-state index < -0.39 is 17.7 Å². The van der Waals surface area contributed by atoms with Crippen molar-refractivity contribution in [3.63, 3.8) is 0 Å². The summed E-state index contributed by atoms with van der Waals surface area (Å²) in [6, 6.07) is 12.2. The highest BCUT2D eigenvalue weighted by Crippen LogP contribution is 2.30. The van der Waals surface area contributed by atoms with Crippen LogP contribution in [0.3, 0.4) is 0 Å². The van der Waals surface area contributed by atoms with Gasteiger partial charge in [-0.3, -0.25) is 0 Å². The van der Waals surface area contributed by atoms with Crippen LogP contribution in [0.4, 0.5) is 8.78 Å². The largest absolute Gasteiger partial charge is 0.318 e.